The largest absolute Gasteiger partial charge is 0.370 e. The first-order valence-corrected chi connectivity index (χ1v) is 7.32. The maximum atomic E-state index is 13.5. The van der Waals surface area contributed by atoms with Crippen molar-refractivity contribution in [3.8, 4) is 0 Å². The average Bonchev–Trinajstić information content (AvgIpc) is 2.48. The van der Waals surface area contributed by atoms with Crippen LogP contribution in [0.25, 0.3) is 0 Å². The third-order valence-electron chi connectivity index (χ3n) is 3.15. The van der Waals surface area contributed by atoms with Gasteiger partial charge in [-0.3, -0.25) is 0 Å². The fourth-order valence-corrected chi connectivity index (χ4v) is 2.17. The number of rotatable bonds is 6. The number of anilines is 3. The highest BCUT2D eigenvalue weighted by Crippen LogP contribution is 2.25. The lowest BCUT2D eigenvalue weighted by Crippen LogP contribution is -2.19. The molecule has 0 aliphatic heterocycles. The Balaban J connectivity index is 2.43. The molecule has 0 aliphatic carbocycles. The lowest BCUT2D eigenvalue weighted by Gasteiger charge is -2.23. The van der Waals surface area contributed by atoms with Crippen molar-refractivity contribution in [1.82, 2.24) is 9.97 Å². The summed E-state index contributed by atoms with van der Waals surface area (Å²) >= 11 is 0. The highest BCUT2D eigenvalue weighted by Gasteiger charge is 2.12. The van der Waals surface area contributed by atoms with Crippen LogP contribution in [-0.2, 0) is 6.42 Å². The van der Waals surface area contributed by atoms with Gasteiger partial charge in [-0.2, -0.15) is 0 Å². The first-order valence-electron chi connectivity index (χ1n) is 7.32. The standard InChI is InChI=1S/C16H21FN4/c1-4-14-19-15(18-5-2)11-16(20-14)21(6-3)13-9-7-8-12(17)10-13/h7-11H,4-6H2,1-3H3,(H,18,19,20). The smallest absolute Gasteiger partial charge is 0.138 e. The molecule has 1 heterocycles. The summed E-state index contributed by atoms with van der Waals surface area (Å²) in [6.07, 6.45) is 0.757. The molecule has 0 atom stereocenters. The maximum absolute atomic E-state index is 13.5. The zero-order valence-corrected chi connectivity index (χ0v) is 12.7. The number of halogens is 1. The molecular formula is C16H21FN4. The number of nitrogens with one attached hydrogen (secondary N) is 1. The summed E-state index contributed by atoms with van der Waals surface area (Å²) in [6.45, 7) is 7.57. The monoisotopic (exact) mass is 288 g/mol. The van der Waals surface area contributed by atoms with Crippen molar-refractivity contribution in [3.05, 3.63) is 42.0 Å². The molecule has 0 fully saturated rings. The van der Waals surface area contributed by atoms with Crippen LogP contribution in [0.15, 0.2) is 30.3 Å². The molecule has 1 aromatic heterocycles. The fourth-order valence-electron chi connectivity index (χ4n) is 2.17. The summed E-state index contributed by atoms with van der Waals surface area (Å²) < 4.78 is 13.5. The van der Waals surface area contributed by atoms with E-state index in [2.05, 4.69) is 15.3 Å². The van der Waals surface area contributed by atoms with Gasteiger partial charge < -0.3 is 10.2 Å². The Morgan fingerprint density at radius 2 is 1.95 bits per heavy atom. The van der Waals surface area contributed by atoms with Gasteiger partial charge in [0.05, 0.1) is 0 Å². The number of benzene rings is 1. The van der Waals surface area contributed by atoms with Gasteiger partial charge in [-0.15, -0.1) is 0 Å². The highest BCUT2D eigenvalue weighted by molar-refractivity contribution is 5.62. The second kappa shape index (κ2) is 7.02. The minimum absolute atomic E-state index is 0.248. The summed E-state index contributed by atoms with van der Waals surface area (Å²) in [5.74, 6) is 2.11. The van der Waals surface area contributed by atoms with Gasteiger partial charge in [-0.05, 0) is 32.0 Å². The second-order valence-electron chi connectivity index (χ2n) is 4.64. The molecule has 5 heteroatoms. The quantitative estimate of drug-likeness (QED) is 0.878. The third kappa shape index (κ3) is 3.68. The van der Waals surface area contributed by atoms with Crippen LogP contribution in [0.3, 0.4) is 0 Å². The molecule has 2 rings (SSSR count). The SMILES string of the molecule is CCNc1cc(N(CC)c2cccc(F)c2)nc(CC)n1. The number of nitrogens with zero attached hydrogens (tertiary/aromatic N) is 3. The Morgan fingerprint density at radius 1 is 1.14 bits per heavy atom. The fraction of sp³-hybridized carbons (Fsp3) is 0.375. The highest BCUT2D eigenvalue weighted by atomic mass is 19.1. The molecule has 1 N–H and O–H groups in total. The summed E-state index contributed by atoms with van der Waals surface area (Å²) in [4.78, 5) is 11.0. The minimum atomic E-state index is -0.248. The molecule has 0 aliphatic rings. The number of hydrogen-bond donors (Lipinski definition) is 1. The Bertz CT molecular complexity index is 601. The van der Waals surface area contributed by atoms with E-state index in [4.69, 9.17) is 0 Å². The topological polar surface area (TPSA) is 41.0 Å². The van der Waals surface area contributed by atoms with Crippen molar-refractivity contribution in [2.24, 2.45) is 0 Å². The maximum Gasteiger partial charge on any atom is 0.138 e. The van der Waals surface area contributed by atoms with Gasteiger partial charge >= 0.3 is 0 Å². The van der Waals surface area contributed by atoms with E-state index in [-0.39, 0.29) is 5.82 Å². The molecule has 4 nitrogen and oxygen atoms in total. The molecule has 0 saturated carbocycles. The van der Waals surface area contributed by atoms with Crippen molar-refractivity contribution >= 4 is 17.3 Å². The van der Waals surface area contributed by atoms with E-state index in [1.165, 1.54) is 12.1 Å². The van der Waals surface area contributed by atoms with Crippen LogP contribution in [0.4, 0.5) is 21.7 Å². The molecule has 0 radical (unpaired) electrons. The lowest BCUT2D eigenvalue weighted by atomic mass is 10.2. The van der Waals surface area contributed by atoms with Gasteiger partial charge in [0.1, 0.15) is 23.3 Å². The van der Waals surface area contributed by atoms with Crippen molar-refractivity contribution < 1.29 is 4.39 Å². The van der Waals surface area contributed by atoms with Crippen molar-refractivity contribution in [2.75, 3.05) is 23.3 Å². The summed E-state index contributed by atoms with van der Waals surface area (Å²) in [6, 6.07) is 8.45. The van der Waals surface area contributed by atoms with Gasteiger partial charge in [-0.25, -0.2) is 14.4 Å². The Hall–Kier alpha value is -2.17. The van der Waals surface area contributed by atoms with Crippen molar-refractivity contribution in [2.45, 2.75) is 27.2 Å². The minimum Gasteiger partial charge on any atom is -0.370 e. The van der Waals surface area contributed by atoms with Crippen LogP contribution < -0.4 is 10.2 Å². The van der Waals surface area contributed by atoms with Gasteiger partial charge in [0.15, 0.2) is 0 Å². The summed E-state index contributed by atoms with van der Waals surface area (Å²) in [5, 5.41) is 3.21. The van der Waals surface area contributed by atoms with Gasteiger partial charge in [-0.1, -0.05) is 13.0 Å². The number of aryl methyl sites for hydroxylation is 1. The molecule has 0 unspecified atom stereocenters. The van der Waals surface area contributed by atoms with Crippen LogP contribution in [-0.4, -0.2) is 23.1 Å². The van der Waals surface area contributed by atoms with E-state index < -0.39 is 0 Å². The van der Waals surface area contributed by atoms with Crippen LogP contribution in [0.1, 0.15) is 26.6 Å². The predicted octanol–water partition coefficient (Wildman–Crippen LogP) is 3.77. The van der Waals surface area contributed by atoms with Crippen molar-refractivity contribution in [1.29, 1.82) is 0 Å². The average molecular weight is 288 g/mol. The number of aromatic nitrogens is 2. The molecule has 21 heavy (non-hydrogen) atoms. The van der Waals surface area contributed by atoms with Crippen LogP contribution in [0, 0.1) is 5.82 Å². The van der Waals surface area contributed by atoms with Gasteiger partial charge in [0.2, 0.25) is 0 Å². The van der Waals surface area contributed by atoms with E-state index in [1.54, 1.807) is 6.07 Å². The molecule has 0 amide bonds. The van der Waals surface area contributed by atoms with Gasteiger partial charge in [0.25, 0.3) is 0 Å². The third-order valence-corrected chi connectivity index (χ3v) is 3.15. The van der Waals surface area contributed by atoms with E-state index in [1.807, 2.05) is 37.8 Å². The summed E-state index contributed by atoms with van der Waals surface area (Å²) in [7, 11) is 0. The lowest BCUT2D eigenvalue weighted by molar-refractivity contribution is 0.627. The second-order valence-corrected chi connectivity index (χ2v) is 4.64. The predicted molar refractivity (Wildman–Crippen MR) is 84.7 cm³/mol. The van der Waals surface area contributed by atoms with Crippen LogP contribution >= 0.6 is 0 Å². The zero-order valence-electron chi connectivity index (χ0n) is 12.7. The van der Waals surface area contributed by atoms with E-state index >= 15 is 0 Å². The van der Waals surface area contributed by atoms with E-state index in [0.717, 1.165) is 36.1 Å². The molecule has 0 bridgehead atoms. The first kappa shape index (κ1) is 15.2. The number of hydrogen-bond acceptors (Lipinski definition) is 4. The molecule has 2 aromatic rings. The van der Waals surface area contributed by atoms with E-state index in [0.29, 0.717) is 6.54 Å². The Kier molecular flexibility index (Phi) is 5.09. The Labute approximate surface area is 125 Å². The molecule has 112 valence electrons. The Morgan fingerprint density at radius 3 is 2.57 bits per heavy atom. The van der Waals surface area contributed by atoms with Gasteiger partial charge in [0, 0.05) is 31.3 Å². The molecular weight excluding hydrogens is 267 g/mol. The van der Waals surface area contributed by atoms with Crippen LogP contribution in [0.5, 0.6) is 0 Å². The first-order chi connectivity index (χ1) is 10.2. The normalized spacial score (nSPS) is 10.5. The van der Waals surface area contributed by atoms with Crippen LogP contribution in [0.2, 0.25) is 0 Å². The van der Waals surface area contributed by atoms with E-state index in [9.17, 15) is 4.39 Å². The zero-order chi connectivity index (χ0) is 15.2. The summed E-state index contributed by atoms with van der Waals surface area (Å²) in [5.41, 5.74) is 0.792. The molecule has 1 aromatic carbocycles. The molecule has 0 spiro atoms. The van der Waals surface area contributed by atoms with Crippen molar-refractivity contribution in [3.63, 3.8) is 0 Å². The molecule has 0 saturated heterocycles.